The lowest BCUT2D eigenvalue weighted by molar-refractivity contribution is 0.0844. The number of aromatic hydroxyl groups is 1. The summed E-state index contributed by atoms with van der Waals surface area (Å²) < 4.78 is 0. The van der Waals surface area contributed by atoms with Gasteiger partial charge >= 0.3 is 0 Å². The van der Waals surface area contributed by atoms with Crippen LogP contribution in [-0.2, 0) is 0 Å². The van der Waals surface area contributed by atoms with Crippen molar-refractivity contribution in [3.05, 3.63) is 58.1 Å². The van der Waals surface area contributed by atoms with Gasteiger partial charge in [-0.15, -0.1) is 11.8 Å². The van der Waals surface area contributed by atoms with Crippen molar-refractivity contribution < 1.29 is 14.7 Å². The summed E-state index contributed by atoms with van der Waals surface area (Å²) in [5.74, 6) is -1.31. The Hall–Kier alpha value is -2.18. The summed E-state index contributed by atoms with van der Waals surface area (Å²) in [7, 11) is 0. The number of hydrazine groups is 1. The van der Waals surface area contributed by atoms with Crippen molar-refractivity contribution in [3.8, 4) is 5.75 Å². The van der Waals surface area contributed by atoms with Crippen molar-refractivity contribution in [2.45, 2.75) is 11.8 Å². The summed E-state index contributed by atoms with van der Waals surface area (Å²) in [4.78, 5) is 25.2. The highest BCUT2D eigenvalue weighted by atomic mass is 35.5. The quantitative estimate of drug-likeness (QED) is 0.587. The predicted octanol–water partition coefficient (Wildman–Crippen LogP) is 3.15. The maximum atomic E-state index is 12.2. The summed E-state index contributed by atoms with van der Waals surface area (Å²) >= 11 is 7.31. The van der Waals surface area contributed by atoms with E-state index in [2.05, 4.69) is 10.9 Å². The number of aryl methyl sites for hydroxylation is 1. The van der Waals surface area contributed by atoms with Crippen molar-refractivity contribution in [2.75, 3.05) is 6.26 Å². The molecule has 0 aliphatic heterocycles. The number of amides is 2. The van der Waals surface area contributed by atoms with E-state index in [1.807, 2.05) is 25.3 Å². The van der Waals surface area contributed by atoms with Gasteiger partial charge in [0.05, 0.1) is 5.56 Å². The monoisotopic (exact) mass is 350 g/mol. The van der Waals surface area contributed by atoms with Gasteiger partial charge in [0.1, 0.15) is 5.75 Å². The minimum Gasteiger partial charge on any atom is -0.507 e. The average Bonchev–Trinajstić information content (AvgIpc) is 2.55. The molecule has 2 aromatic carbocycles. The molecular formula is C16H15ClN2O3S. The number of carbonyl (C=O) groups is 2. The molecule has 0 bridgehead atoms. The second-order valence-electron chi connectivity index (χ2n) is 4.75. The Morgan fingerprint density at radius 1 is 1.04 bits per heavy atom. The molecule has 0 saturated heterocycles. The smallest absolute Gasteiger partial charge is 0.273 e. The lowest BCUT2D eigenvalue weighted by atomic mass is 10.1. The fourth-order valence-corrected chi connectivity index (χ4v) is 2.52. The number of halogens is 1. The summed E-state index contributed by atoms with van der Waals surface area (Å²) in [6.45, 7) is 1.81. The molecule has 23 heavy (non-hydrogen) atoms. The van der Waals surface area contributed by atoms with Crippen molar-refractivity contribution in [3.63, 3.8) is 0 Å². The Bertz CT molecular complexity index is 765. The summed E-state index contributed by atoms with van der Waals surface area (Å²) in [6, 6.07) is 9.59. The van der Waals surface area contributed by atoms with E-state index in [4.69, 9.17) is 11.6 Å². The van der Waals surface area contributed by atoms with Crippen LogP contribution in [0.1, 0.15) is 26.3 Å². The van der Waals surface area contributed by atoms with Gasteiger partial charge in [-0.25, -0.2) is 0 Å². The van der Waals surface area contributed by atoms with Gasteiger partial charge in [-0.2, -0.15) is 0 Å². The van der Waals surface area contributed by atoms with Crippen molar-refractivity contribution in [1.29, 1.82) is 0 Å². The molecule has 5 nitrogen and oxygen atoms in total. The summed E-state index contributed by atoms with van der Waals surface area (Å²) in [6.07, 6.45) is 1.91. The van der Waals surface area contributed by atoms with Gasteiger partial charge in [-0.05, 0) is 49.1 Å². The van der Waals surface area contributed by atoms with Crippen LogP contribution >= 0.6 is 23.4 Å². The van der Waals surface area contributed by atoms with Crippen LogP contribution in [0.3, 0.4) is 0 Å². The van der Waals surface area contributed by atoms with Gasteiger partial charge in [-0.3, -0.25) is 20.4 Å². The molecule has 7 heteroatoms. The number of carbonyl (C=O) groups excluding carboxylic acids is 2. The van der Waals surface area contributed by atoms with E-state index in [0.717, 1.165) is 10.5 Å². The first-order chi connectivity index (χ1) is 10.9. The van der Waals surface area contributed by atoms with Gasteiger partial charge in [0.25, 0.3) is 11.8 Å². The van der Waals surface area contributed by atoms with Gasteiger partial charge in [-0.1, -0.05) is 17.7 Å². The van der Waals surface area contributed by atoms with Crippen LogP contribution in [0.5, 0.6) is 5.75 Å². The van der Waals surface area contributed by atoms with E-state index < -0.39 is 11.8 Å². The number of nitrogens with one attached hydrogen (secondary N) is 2. The van der Waals surface area contributed by atoms with E-state index in [9.17, 15) is 14.7 Å². The van der Waals surface area contributed by atoms with Crippen LogP contribution < -0.4 is 10.9 Å². The standard InChI is InChI=1S/C16H15ClN2O3S/c1-9-3-5-11(23-2)8-12(9)15(21)18-19-16(22)13-7-10(17)4-6-14(13)20/h3-8,20H,1-2H3,(H,18,21)(H,19,22). The summed E-state index contributed by atoms with van der Waals surface area (Å²) in [5.41, 5.74) is 5.84. The third kappa shape index (κ3) is 4.18. The molecule has 0 radical (unpaired) electrons. The van der Waals surface area contributed by atoms with Crippen LogP contribution in [-0.4, -0.2) is 23.2 Å². The number of phenolic OH excluding ortho intramolecular Hbond substituents is 1. The van der Waals surface area contributed by atoms with Crippen molar-refractivity contribution in [2.24, 2.45) is 0 Å². The number of hydrogen-bond acceptors (Lipinski definition) is 4. The molecule has 0 atom stereocenters. The van der Waals surface area contributed by atoms with Crippen LogP contribution in [0.15, 0.2) is 41.3 Å². The minimum absolute atomic E-state index is 0.0209. The first-order valence-corrected chi connectivity index (χ1v) is 8.26. The first-order valence-electron chi connectivity index (χ1n) is 6.66. The van der Waals surface area contributed by atoms with Crippen molar-refractivity contribution >= 4 is 35.2 Å². The van der Waals surface area contributed by atoms with Crippen molar-refractivity contribution in [1.82, 2.24) is 10.9 Å². The Balaban J connectivity index is 2.10. The molecule has 2 rings (SSSR count). The van der Waals surface area contributed by atoms with E-state index in [0.29, 0.717) is 10.6 Å². The highest BCUT2D eigenvalue weighted by Crippen LogP contribution is 2.21. The molecule has 0 saturated carbocycles. The molecule has 0 heterocycles. The average molecular weight is 351 g/mol. The minimum atomic E-state index is -0.656. The van der Waals surface area contributed by atoms with Crippen LogP contribution in [0.25, 0.3) is 0 Å². The Morgan fingerprint density at radius 3 is 2.35 bits per heavy atom. The van der Waals surface area contributed by atoms with Crippen LogP contribution in [0, 0.1) is 6.92 Å². The second kappa shape index (κ2) is 7.39. The largest absolute Gasteiger partial charge is 0.507 e. The van der Waals surface area contributed by atoms with Gasteiger partial charge in [0.2, 0.25) is 0 Å². The first kappa shape index (κ1) is 17.2. The van der Waals surface area contributed by atoms with Gasteiger partial charge in [0.15, 0.2) is 0 Å². The SMILES string of the molecule is CSc1ccc(C)c(C(=O)NNC(=O)c2cc(Cl)ccc2O)c1. The number of rotatable bonds is 3. The fraction of sp³-hybridized carbons (Fsp3) is 0.125. The number of thioether (sulfide) groups is 1. The van der Waals surface area contributed by atoms with Crippen LogP contribution in [0.2, 0.25) is 5.02 Å². The lowest BCUT2D eigenvalue weighted by Crippen LogP contribution is -2.41. The maximum absolute atomic E-state index is 12.2. The third-order valence-electron chi connectivity index (χ3n) is 3.18. The molecular weight excluding hydrogens is 336 g/mol. The molecule has 2 amide bonds. The Labute approximate surface area is 143 Å². The lowest BCUT2D eigenvalue weighted by Gasteiger charge is -2.11. The molecule has 0 fully saturated rings. The Morgan fingerprint density at radius 2 is 1.70 bits per heavy atom. The molecule has 0 aromatic heterocycles. The summed E-state index contributed by atoms with van der Waals surface area (Å²) in [5, 5.41) is 9.97. The second-order valence-corrected chi connectivity index (χ2v) is 6.07. The highest BCUT2D eigenvalue weighted by Gasteiger charge is 2.14. The molecule has 0 aliphatic rings. The molecule has 0 spiro atoms. The van der Waals surface area contributed by atoms with Gasteiger partial charge < -0.3 is 5.11 Å². The molecule has 120 valence electrons. The number of benzene rings is 2. The highest BCUT2D eigenvalue weighted by molar-refractivity contribution is 7.98. The molecule has 2 aromatic rings. The number of phenols is 1. The van der Waals surface area contributed by atoms with Crippen LogP contribution in [0.4, 0.5) is 0 Å². The Kier molecular flexibility index (Phi) is 5.52. The topological polar surface area (TPSA) is 78.4 Å². The predicted molar refractivity (Wildman–Crippen MR) is 91.0 cm³/mol. The normalized spacial score (nSPS) is 10.2. The van der Waals surface area contributed by atoms with E-state index in [1.54, 1.807) is 6.07 Å². The zero-order chi connectivity index (χ0) is 17.0. The third-order valence-corrected chi connectivity index (χ3v) is 4.14. The zero-order valence-corrected chi connectivity index (χ0v) is 14.1. The maximum Gasteiger partial charge on any atom is 0.273 e. The molecule has 3 N–H and O–H groups in total. The molecule has 0 aliphatic carbocycles. The van der Waals surface area contributed by atoms with E-state index >= 15 is 0 Å². The van der Waals surface area contributed by atoms with E-state index in [1.165, 1.54) is 30.0 Å². The fourth-order valence-electron chi connectivity index (χ4n) is 1.91. The molecule has 0 unspecified atom stereocenters. The number of hydrogen-bond donors (Lipinski definition) is 3. The zero-order valence-electron chi connectivity index (χ0n) is 12.5. The van der Waals surface area contributed by atoms with Gasteiger partial charge in [0, 0.05) is 15.5 Å². The van der Waals surface area contributed by atoms with E-state index in [-0.39, 0.29) is 11.3 Å².